The van der Waals surface area contributed by atoms with Gasteiger partial charge in [-0.25, -0.2) is 13.2 Å². The van der Waals surface area contributed by atoms with Gasteiger partial charge in [-0.1, -0.05) is 55.5 Å². The zero-order chi connectivity index (χ0) is 24.2. The summed E-state index contributed by atoms with van der Waals surface area (Å²) < 4.78 is 63.4. The third kappa shape index (κ3) is 6.33. The summed E-state index contributed by atoms with van der Waals surface area (Å²) in [5.41, 5.74) is 9.93. The van der Waals surface area contributed by atoms with Gasteiger partial charge in [0.15, 0.2) is 0 Å². The van der Waals surface area contributed by atoms with Crippen molar-refractivity contribution in [3.8, 4) is 0 Å². The van der Waals surface area contributed by atoms with Crippen LogP contribution in [0.5, 0.6) is 0 Å². The Hall–Kier alpha value is -2.43. The molecule has 10 heteroatoms. The molecule has 0 aliphatic heterocycles. The lowest BCUT2D eigenvalue weighted by molar-refractivity contribution is -0.223. The van der Waals surface area contributed by atoms with Crippen LogP contribution in [-0.2, 0) is 39.0 Å². The van der Waals surface area contributed by atoms with E-state index in [4.69, 9.17) is 5.73 Å². The number of rotatable bonds is 8. The monoisotopic (exact) mass is 484 g/mol. The van der Waals surface area contributed by atoms with E-state index in [9.17, 15) is 26.4 Å². The molecule has 3 rings (SSSR count). The first kappa shape index (κ1) is 25.2. The Balaban J connectivity index is 1.91. The van der Waals surface area contributed by atoms with Crippen LogP contribution in [0, 0.1) is 0 Å². The molecule has 1 aliphatic rings. The van der Waals surface area contributed by atoms with Gasteiger partial charge < -0.3 is 10.6 Å². The zero-order valence-corrected chi connectivity index (χ0v) is 19.0. The second kappa shape index (κ2) is 10.2. The minimum atomic E-state index is -5.32. The number of sulfonamides is 1. The molecule has 1 aliphatic carbocycles. The first-order valence-corrected chi connectivity index (χ1v) is 12.3. The van der Waals surface area contributed by atoms with Gasteiger partial charge in [-0.05, 0) is 52.4 Å². The molecule has 0 fully saturated rings. The molecule has 2 atom stereocenters. The number of benzene rings is 2. The van der Waals surface area contributed by atoms with Gasteiger partial charge in [0.1, 0.15) is 0 Å². The Bertz CT molecular complexity index is 1070. The summed E-state index contributed by atoms with van der Waals surface area (Å²) in [5.74, 6) is -3.07. The van der Waals surface area contributed by atoms with Crippen LogP contribution >= 0.6 is 0 Å². The smallest absolute Gasteiger partial charge is 0.345 e. The van der Waals surface area contributed by atoms with E-state index in [1.54, 1.807) is 19.1 Å². The molecule has 0 bridgehead atoms. The molecule has 6 nitrogen and oxygen atoms in total. The summed E-state index contributed by atoms with van der Waals surface area (Å²) in [7, 11) is -4.25. The van der Waals surface area contributed by atoms with Crippen molar-refractivity contribution in [2.24, 2.45) is 5.73 Å². The van der Waals surface area contributed by atoms with E-state index in [0.717, 1.165) is 29.5 Å². The lowest BCUT2D eigenvalue weighted by Crippen LogP contribution is -2.39. The predicted molar refractivity (Wildman–Crippen MR) is 117 cm³/mol. The van der Waals surface area contributed by atoms with Gasteiger partial charge in [-0.15, -0.1) is 0 Å². The number of nitrogens with zero attached hydrogens (tertiary/aromatic N) is 1. The number of fused-ring (bicyclic) bond motifs is 1. The Kier molecular flexibility index (Phi) is 7.81. The Morgan fingerprint density at radius 2 is 1.85 bits per heavy atom. The van der Waals surface area contributed by atoms with Crippen molar-refractivity contribution in [2.45, 2.75) is 57.3 Å². The maximum Gasteiger partial charge on any atom is 0.492 e. The first-order chi connectivity index (χ1) is 15.5. The van der Waals surface area contributed by atoms with Gasteiger partial charge in [0.25, 0.3) is 0 Å². The van der Waals surface area contributed by atoms with Crippen LogP contribution in [0.15, 0.2) is 48.5 Å². The van der Waals surface area contributed by atoms with Gasteiger partial charge in [0, 0.05) is 12.0 Å². The van der Waals surface area contributed by atoms with E-state index in [0.29, 0.717) is 12.0 Å². The molecule has 180 valence electrons. The molecule has 0 saturated heterocycles. The number of halogens is 3. The Morgan fingerprint density at radius 3 is 2.48 bits per heavy atom. The molecule has 0 heterocycles. The SMILES string of the molecule is CCCS(=O)(=O)N(Cc1ccc2c(c1)C(Cc1ccccc1)C(N)CC2)OC(=O)C(F)(F)F. The Labute approximate surface area is 191 Å². The van der Waals surface area contributed by atoms with E-state index >= 15 is 0 Å². The highest BCUT2D eigenvalue weighted by atomic mass is 32.2. The highest BCUT2D eigenvalue weighted by Crippen LogP contribution is 2.35. The Morgan fingerprint density at radius 1 is 1.15 bits per heavy atom. The third-order valence-electron chi connectivity index (χ3n) is 5.67. The molecule has 33 heavy (non-hydrogen) atoms. The second-order valence-electron chi connectivity index (χ2n) is 8.19. The van der Waals surface area contributed by atoms with Crippen molar-refractivity contribution in [1.82, 2.24) is 4.47 Å². The van der Waals surface area contributed by atoms with Gasteiger partial charge in [0.05, 0.1) is 12.3 Å². The zero-order valence-electron chi connectivity index (χ0n) is 18.2. The summed E-state index contributed by atoms with van der Waals surface area (Å²) in [6, 6.07) is 14.9. The fraction of sp³-hybridized carbons (Fsp3) is 0.435. The number of aryl methyl sites for hydroxylation is 1. The molecule has 2 aromatic carbocycles. The van der Waals surface area contributed by atoms with Gasteiger partial charge >= 0.3 is 12.1 Å². The number of carbonyl (C=O) groups excluding carboxylic acids is 1. The van der Waals surface area contributed by atoms with E-state index in [1.807, 2.05) is 36.4 Å². The number of carbonyl (C=O) groups is 1. The fourth-order valence-electron chi connectivity index (χ4n) is 4.04. The molecule has 0 saturated carbocycles. The van der Waals surface area contributed by atoms with Crippen molar-refractivity contribution in [2.75, 3.05) is 5.75 Å². The fourth-order valence-corrected chi connectivity index (χ4v) is 5.29. The van der Waals surface area contributed by atoms with Crippen LogP contribution < -0.4 is 5.73 Å². The van der Waals surface area contributed by atoms with Crippen LogP contribution in [0.25, 0.3) is 0 Å². The number of hydrogen-bond acceptors (Lipinski definition) is 5. The second-order valence-corrected chi connectivity index (χ2v) is 10.2. The molecular formula is C23H27F3N2O4S. The molecule has 0 amide bonds. The highest BCUT2D eigenvalue weighted by molar-refractivity contribution is 7.88. The van der Waals surface area contributed by atoms with E-state index in [-0.39, 0.29) is 22.8 Å². The van der Waals surface area contributed by atoms with Crippen molar-refractivity contribution in [3.63, 3.8) is 0 Å². The summed E-state index contributed by atoms with van der Waals surface area (Å²) >= 11 is 0. The van der Waals surface area contributed by atoms with Gasteiger partial charge in [-0.2, -0.15) is 13.2 Å². The lowest BCUT2D eigenvalue weighted by Gasteiger charge is -2.32. The summed E-state index contributed by atoms with van der Waals surface area (Å²) in [5, 5.41) is 0. The minimum absolute atomic E-state index is 0.0328. The first-order valence-electron chi connectivity index (χ1n) is 10.7. The topological polar surface area (TPSA) is 89.7 Å². The minimum Gasteiger partial charge on any atom is -0.345 e. The largest absolute Gasteiger partial charge is 0.492 e. The average Bonchev–Trinajstić information content (AvgIpc) is 2.75. The van der Waals surface area contributed by atoms with E-state index < -0.39 is 34.5 Å². The standard InChI is InChI=1S/C23H27F3N2O4S/c1-2-12-33(30,31)28(32-22(29)23(24,25)26)15-17-8-9-18-10-11-21(27)20(19(18)14-17)13-16-6-4-3-5-7-16/h3-9,14,20-21H,2,10-13,15,27H2,1H3. The molecule has 0 radical (unpaired) electrons. The van der Waals surface area contributed by atoms with Crippen molar-refractivity contribution < 1.29 is 31.2 Å². The molecule has 0 aromatic heterocycles. The maximum atomic E-state index is 12.7. The highest BCUT2D eigenvalue weighted by Gasteiger charge is 2.44. The summed E-state index contributed by atoms with van der Waals surface area (Å²) in [4.78, 5) is 15.7. The van der Waals surface area contributed by atoms with Crippen LogP contribution in [0.2, 0.25) is 0 Å². The number of hydrogen-bond donors (Lipinski definition) is 1. The number of hydroxylamine groups is 1. The molecule has 2 aromatic rings. The lowest BCUT2D eigenvalue weighted by atomic mass is 9.76. The third-order valence-corrected chi connectivity index (χ3v) is 7.42. The molecule has 2 unspecified atom stereocenters. The van der Waals surface area contributed by atoms with Crippen LogP contribution in [-0.4, -0.2) is 36.8 Å². The molecule has 2 N–H and O–H groups in total. The van der Waals surface area contributed by atoms with Crippen LogP contribution in [0.3, 0.4) is 0 Å². The number of alkyl halides is 3. The predicted octanol–water partition coefficient (Wildman–Crippen LogP) is 3.85. The maximum absolute atomic E-state index is 12.7. The number of nitrogens with two attached hydrogens (primary N) is 1. The van der Waals surface area contributed by atoms with Crippen LogP contribution in [0.4, 0.5) is 13.2 Å². The molecule has 0 spiro atoms. The van der Waals surface area contributed by atoms with Gasteiger partial charge in [-0.3, -0.25) is 0 Å². The van der Waals surface area contributed by atoms with Crippen molar-refractivity contribution >= 4 is 16.0 Å². The summed E-state index contributed by atoms with van der Waals surface area (Å²) in [6.07, 6.45) is -2.93. The average molecular weight is 485 g/mol. The van der Waals surface area contributed by atoms with Gasteiger partial charge in [0.2, 0.25) is 10.0 Å². The normalized spacial score (nSPS) is 18.7. The van der Waals surface area contributed by atoms with Crippen LogP contribution in [0.1, 0.15) is 47.9 Å². The van der Waals surface area contributed by atoms with Crippen molar-refractivity contribution in [3.05, 3.63) is 70.8 Å². The quantitative estimate of drug-likeness (QED) is 0.575. The molecular weight excluding hydrogens is 457 g/mol. The van der Waals surface area contributed by atoms with E-state index in [2.05, 4.69) is 4.84 Å². The summed E-state index contributed by atoms with van der Waals surface area (Å²) in [6.45, 7) is 1.04. The van der Waals surface area contributed by atoms with Crippen molar-refractivity contribution in [1.29, 1.82) is 0 Å². The van der Waals surface area contributed by atoms with E-state index in [1.165, 1.54) is 0 Å².